The number of hydrogen-bond acceptors (Lipinski definition) is 4. The molecule has 1 amide bonds. The van der Waals surface area contributed by atoms with E-state index in [0.29, 0.717) is 5.75 Å². The van der Waals surface area contributed by atoms with Crippen LogP contribution in [0.4, 0.5) is 10.1 Å². The summed E-state index contributed by atoms with van der Waals surface area (Å²) >= 11 is 5.71. The fraction of sp³-hybridized carbons (Fsp3) is 0.125. The summed E-state index contributed by atoms with van der Waals surface area (Å²) in [5.41, 5.74) is -0.0842. The van der Waals surface area contributed by atoms with Crippen LogP contribution < -0.4 is 10.1 Å². The second kappa shape index (κ2) is 8.14. The van der Waals surface area contributed by atoms with Crippen molar-refractivity contribution in [1.82, 2.24) is 0 Å². The van der Waals surface area contributed by atoms with E-state index in [0.717, 1.165) is 6.07 Å². The topological polar surface area (TPSA) is 64.6 Å². The molecule has 2 aromatic rings. The summed E-state index contributed by atoms with van der Waals surface area (Å²) in [5.74, 6) is -1.52. The Morgan fingerprint density at radius 3 is 2.57 bits per heavy atom. The molecule has 2 aromatic carbocycles. The van der Waals surface area contributed by atoms with Gasteiger partial charge in [0.15, 0.2) is 13.2 Å². The van der Waals surface area contributed by atoms with E-state index in [2.05, 4.69) is 5.32 Å². The van der Waals surface area contributed by atoms with Crippen LogP contribution in [0.2, 0.25) is 5.02 Å². The van der Waals surface area contributed by atoms with Gasteiger partial charge in [0, 0.05) is 5.02 Å². The predicted molar refractivity (Wildman–Crippen MR) is 82.9 cm³/mol. The summed E-state index contributed by atoms with van der Waals surface area (Å²) in [4.78, 5) is 23.1. The molecule has 120 valence electrons. The van der Waals surface area contributed by atoms with Gasteiger partial charge in [-0.25, -0.2) is 9.18 Å². The Morgan fingerprint density at radius 2 is 1.83 bits per heavy atom. The number of halogens is 2. The third-order valence-electron chi connectivity index (χ3n) is 2.67. The molecule has 0 aromatic heterocycles. The summed E-state index contributed by atoms with van der Waals surface area (Å²) < 4.78 is 23.3. The van der Waals surface area contributed by atoms with Crippen LogP contribution in [0.1, 0.15) is 0 Å². The molecule has 0 radical (unpaired) electrons. The first-order valence-electron chi connectivity index (χ1n) is 6.63. The average molecular weight is 338 g/mol. The number of esters is 1. The van der Waals surface area contributed by atoms with Crippen LogP contribution in [0.5, 0.6) is 5.75 Å². The number of carbonyl (C=O) groups is 2. The van der Waals surface area contributed by atoms with Gasteiger partial charge in [-0.3, -0.25) is 4.79 Å². The maximum Gasteiger partial charge on any atom is 0.344 e. The maximum atomic E-state index is 13.4. The minimum Gasteiger partial charge on any atom is -0.482 e. The van der Waals surface area contributed by atoms with Gasteiger partial charge in [0.2, 0.25) is 0 Å². The number of amides is 1. The number of hydrogen-bond donors (Lipinski definition) is 1. The molecular weight excluding hydrogens is 325 g/mol. The summed E-state index contributed by atoms with van der Waals surface area (Å²) in [6.45, 7) is -0.883. The Kier molecular flexibility index (Phi) is 5.94. The molecule has 0 aliphatic heterocycles. The van der Waals surface area contributed by atoms with E-state index >= 15 is 0 Å². The molecule has 0 spiro atoms. The van der Waals surface area contributed by atoms with Crippen molar-refractivity contribution in [2.24, 2.45) is 0 Å². The van der Waals surface area contributed by atoms with Crippen molar-refractivity contribution in [3.05, 3.63) is 59.4 Å². The number of ether oxygens (including phenoxy) is 2. The van der Waals surface area contributed by atoms with E-state index in [9.17, 15) is 14.0 Å². The largest absolute Gasteiger partial charge is 0.482 e. The van der Waals surface area contributed by atoms with Crippen LogP contribution in [0.25, 0.3) is 0 Å². The molecule has 0 heterocycles. The molecule has 0 unspecified atom stereocenters. The first-order valence-corrected chi connectivity index (χ1v) is 7.01. The molecule has 23 heavy (non-hydrogen) atoms. The molecule has 0 aliphatic carbocycles. The van der Waals surface area contributed by atoms with Crippen LogP contribution in [0.3, 0.4) is 0 Å². The minimum atomic E-state index is -0.712. The van der Waals surface area contributed by atoms with E-state index < -0.39 is 24.3 Å². The Bertz CT molecular complexity index is 694. The van der Waals surface area contributed by atoms with Gasteiger partial charge >= 0.3 is 5.97 Å². The molecule has 7 heteroatoms. The lowest BCUT2D eigenvalue weighted by Crippen LogP contribution is -2.24. The summed E-state index contributed by atoms with van der Waals surface area (Å²) in [6.07, 6.45) is 0. The highest BCUT2D eigenvalue weighted by Crippen LogP contribution is 2.19. The molecule has 0 saturated carbocycles. The predicted octanol–water partition coefficient (Wildman–Crippen LogP) is 3.04. The van der Waals surface area contributed by atoms with Crippen LogP contribution in [0, 0.1) is 5.82 Å². The Labute approximate surface area is 137 Å². The number of benzene rings is 2. The molecule has 0 fully saturated rings. The van der Waals surface area contributed by atoms with Gasteiger partial charge in [-0.2, -0.15) is 0 Å². The molecule has 1 N–H and O–H groups in total. The zero-order valence-electron chi connectivity index (χ0n) is 11.9. The molecule has 0 saturated heterocycles. The highest BCUT2D eigenvalue weighted by molar-refractivity contribution is 6.30. The number of para-hydroxylation sites is 1. The third-order valence-corrected chi connectivity index (χ3v) is 2.90. The fourth-order valence-electron chi connectivity index (χ4n) is 1.63. The van der Waals surface area contributed by atoms with Gasteiger partial charge < -0.3 is 14.8 Å². The van der Waals surface area contributed by atoms with E-state index in [1.807, 2.05) is 6.07 Å². The van der Waals surface area contributed by atoms with Crippen molar-refractivity contribution in [3.63, 3.8) is 0 Å². The first-order chi connectivity index (χ1) is 11.0. The van der Waals surface area contributed by atoms with Crippen molar-refractivity contribution < 1.29 is 23.5 Å². The SMILES string of the molecule is O=C(COC(=O)COc1ccccc1)Nc1cc(Cl)ccc1F. The Balaban J connectivity index is 1.75. The number of rotatable bonds is 6. The monoisotopic (exact) mass is 337 g/mol. The Morgan fingerprint density at radius 1 is 1.09 bits per heavy atom. The normalized spacial score (nSPS) is 10.0. The lowest BCUT2D eigenvalue weighted by atomic mass is 10.3. The number of anilines is 1. The molecular formula is C16H13ClFNO4. The maximum absolute atomic E-state index is 13.4. The smallest absolute Gasteiger partial charge is 0.344 e. The van der Waals surface area contributed by atoms with Crippen LogP contribution >= 0.6 is 11.6 Å². The standard InChI is InChI=1S/C16H13ClFNO4/c17-11-6-7-13(18)14(8-11)19-15(20)9-23-16(21)10-22-12-4-2-1-3-5-12/h1-8H,9-10H2,(H,19,20). The zero-order chi connectivity index (χ0) is 16.7. The first kappa shape index (κ1) is 16.8. The summed E-state index contributed by atoms with van der Waals surface area (Å²) in [6, 6.07) is 12.4. The summed E-state index contributed by atoms with van der Waals surface area (Å²) in [7, 11) is 0. The van der Waals surface area contributed by atoms with E-state index in [1.54, 1.807) is 24.3 Å². The van der Waals surface area contributed by atoms with Crippen LogP contribution in [-0.2, 0) is 14.3 Å². The fourth-order valence-corrected chi connectivity index (χ4v) is 1.80. The van der Waals surface area contributed by atoms with E-state index in [1.165, 1.54) is 12.1 Å². The molecule has 2 rings (SSSR count). The zero-order valence-corrected chi connectivity index (χ0v) is 12.7. The molecule has 5 nitrogen and oxygen atoms in total. The van der Waals surface area contributed by atoms with Gasteiger partial charge in [0.25, 0.3) is 5.91 Å². The van der Waals surface area contributed by atoms with E-state index in [4.69, 9.17) is 21.1 Å². The number of carbonyl (C=O) groups excluding carboxylic acids is 2. The van der Waals surface area contributed by atoms with Crippen molar-refractivity contribution >= 4 is 29.2 Å². The van der Waals surface area contributed by atoms with Gasteiger partial charge in [0.1, 0.15) is 11.6 Å². The second-order valence-corrected chi connectivity index (χ2v) is 4.87. The van der Waals surface area contributed by atoms with Gasteiger partial charge in [-0.05, 0) is 30.3 Å². The number of nitrogens with one attached hydrogen (secondary N) is 1. The summed E-state index contributed by atoms with van der Waals surface area (Å²) in [5, 5.41) is 2.54. The van der Waals surface area contributed by atoms with Gasteiger partial charge in [-0.1, -0.05) is 29.8 Å². The lowest BCUT2D eigenvalue weighted by Gasteiger charge is -2.08. The molecule has 0 bridgehead atoms. The van der Waals surface area contributed by atoms with Gasteiger partial charge in [0.05, 0.1) is 5.69 Å². The lowest BCUT2D eigenvalue weighted by molar-refractivity contribution is -0.149. The van der Waals surface area contributed by atoms with Crippen LogP contribution in [0.15, 0.2) is 48.5 Å². The second-order valence-electron chi connectivity index (χ2n) is 4.43. The minimum absolute atomic E-state index is 0.0842. The van der Waals surface area contributed by atoms with E-state index in [-0.39, 0.29) is 17.3 Å². The highest BCUT2D eigenvalue weighted by Gasteiger charge is 2.11. The van der Waals surface area contributed by atoms with Crippen molar-refractivity contribution in [2.75, 3.05) is 18.5 Å². The third kappa shape index (κ3) is 5.60. The Hall–Kier alpha value is -2.60. The van der Waals surface area contributed by atoms with Crippen LogP contribution in [-0.4, -0.2) is 25.1 Å². The van der Waals surface area contributed by atoms with Crippen molar-refractivity contribution in [3.8, 4) is 5.75 Å². The van der Waals surface area contributed by atoms with Crippen molar-refractivity contribution in [1.29, 1.82) is 0 Å². The molecule has 0 aliphatic rings. The quantitative estimate of drug-likeness (QED) is 0.823. The molecule has 0 atom stereocenters. The van der Waals surface area contributed by atoms with Gasteiger partial charge in [-0.15, -0.1) is 0 Å². The highest BCUT2D eigenvalue weighted by atomic mass is 35.5. The van der Waals surface area contributed by atoms with Crippen molar-refractivity contribution in [2.45, 2.75) is 0 Å². The average Bonchev–Trinajstić information content (AvgIpc) is 2.55.